The van der Waals surface area contributed by atoms with Crippen molar-refractivity contribution in [3.63, 3.8) is 0 Å². The molecule has 1 aliphatic carbocycles. The fourth-order valence-electron chi connectivity index (χ4n) is 2.99. The van der Waals surface area contributed by atoms with Gasteiger partial charge in [-0.2, -0.15) is 0 Å². The molecular weight excluding hydrogens is 254 g/mol. The quantitative estimate of drug-likeness (QED) is 0.780. The Labute approximate surface area is 120 Å². The highest BCUT2D eigenvalue weighted by Crippen LogP contribution is 2.22. The van der Waals surface area contributed by atoms with Crippen molar-refractivity contribution in [2.45, 2.75) is 38.5 Å². The van der Waals surface area contributed by atoms with Gasteiger partial charge in [-0.15, -0.1) is 0 Å². The highest BCUT2D eigenvalue weighted by Gasteiger charge is 2.19. The first kappa shape index (κ1) is 15.0. The summed E-state index contributed by atoms with van der Waals surface area (Å²) in [7, 11) is 0. The molecule has 0 aromatic rings. The lowest BCUT2D eigenvalue weighted by Crippen LogP contribution is -2.37. The van der Waals surface area contributed by atoms with Crippen LogP contribution in [0.15, 0.2) is 11.6 Å². The van der Waals surface area contributed by atoms with Crippen LogP contribution in [0.3, 0.4) is 0 Å². The Bertz CT molecular complexity index is 385. The highest BCUT2D eigenvalue weighted by molar-refractivity contribution is 5.88. The predicted molar refractivity (Wildman–Crippen MR) is 78.0 cm³/mol. The standard InChI is InChI=1S/C15H25N3O2/c16-14(19)12-17-7-4-8-18(10-9-17)15(20)11-13-5-2-1-3-6-13/h11H,1-10,12H2,(H2,16,19). The molecule has 1 aliphatic heterocycles. The first-order valence-electron chi connectivity index (χ1n) is 7.64. The Balaban J connectivity index is 1.86. The lowest BCUT2D eigenvalue weighted by Gasteiger charge is -2.21. The van der Waals surface area contributed by atoms with Gasteiger partial charge in [-0.25, -0.2) is 0 Å². The molecule has 2 rings (SSSR count). The van der Waals surface area contributed by atoms with Gasteiger partial charge in [-0.05, 0) is 32.1 Å². The number of carbonyl (C=O) groups excluding carboxylic acids is 2. The molecule has 1 saturated carbocycles. The zero-order chi connectivity index (χ0) is 14.4. The predicted octanol–water partition coefficient (Wildman–Crippen LogP) is 0.896. The van der Waals surface area contributed by atoms with Crippen LogP contribution in [0.25, 0.3) is 0 Å². The summed E-state index contributed by atoms with van der Waals surface area (Å²) in [4.78, 5) is 27.2. The van der Waals surface area contributed by atoms with Gasteiger partial charge < -0.3 is 10.6 Å². The third-order valence-electron chi connectivity index (χ3n) is 4.10. The molecule has 2 aliphatic rings. The summed E-state index contributed by atoms with van der Waals surface area (Å²) in [6.45, 7) is 3.33. The van der Waals surface area contributed by atoms with E-state index in [0.717, 1.165) is 38.9 Å². The van der Waals surface area contributed by atoms with Crippen LogP contribution in [-0.2, 0) is 9.59 Å². The number of amides is 2. The number of hydrogen-bond donors (Lipinski definition) is 1. The fourth-order valence-corrected chi connectivity index (χ4v) is 2.99. The average Bonchev–Trinajstić information content (AvgIpc) is 2.65. The summed E-state index contributed by atoms with van der Waals surface area (Å²) in [6, 6.07) is 0. The van der Waals surface area contributed by atoms with Gasteiger partial charge in [0.15, 0.2) is 0 Å². The molecule has 5 nitrogen and oxygen atoms in total. The summed E-state index contributed by atoms with van der Waals surface area (Å²) in [5, 5.41) is 0. The molecule has 0 radical (unpaired) electrons. The monoisotopic (exact) mass is 279 g/mol. The molecule has 112 valence electrons. The first-order chi connectivity index (χ1) is 9.65. The summed E-state index contributed by atoms with van der Waals surface area (Å²) < 4.78 is 0. The minimum absolute atomic E-state index is 0.142. The second-order valence-corrected chi connectivity index (χ2v) is 5.78. The van der Waals surface area contributed by atoms with Crippen molar-refractivity contribution in [3.05, 3.63) is 11.6 Å². The van der Waals surface area contributed by atoms with Crippen molar-refractivity contribution < 1.29 is 9.59 Å². The lowest BCUT2D eigenvalue weighted by molar-refractivity contribution is -0.126. The van der Waals surface area contributed by atoms with Crippen molar-refractivity contribution in [1.82, 2.24) is 9.80 Å². The van der Waals surface area contributed by atoms with Crippen LogP contribution in [0.5, 0.6) is 0 Å². The highest BCUT2D eigenvalue weighted by atomic mass is 16.2. The van der Waals surface area contributed by atoms with E-state index in [1.54, 1.807) is 0 Å². The summed E-state index contributed by atoms with van der Waals surface area (Å²) >= 11 is 0. The van der Waals surface area contributed by atoms with E-state index >= 15 is 0 Å². The van der Waals surface area contributed by atoms with Crippen LogP contribution in [0.1, 0.15) is 38.5 Å². The topological polar surface area (TPSA) is 66.6 Å². The molecule has 0 atom stereocenters. The number of carbonyl (C=O) groups is 2. The number of primary amides is 1. The number of nitrogens with zero attached hydrogens (tertiary/aromatic N) is 2. The maximum atomic E-state index is 12.3. The average molecular weight is 279 g/mol. The van der Waals surface area contributed by atoms with Crippen molar-refractivity contribution in [3.8, 4) is 0 Å². The maximum absolute atomic E-state index is 12.3. The summed E-state index contributed by atoms with van der Waals surface area (Å²) in [5.74, 6) is -0.156. The molecule has 0 aromatic carbocycles. The van der Waals surface area contributed by atoms with E-state index in [2.05, 4.69) is 0 Å². The molecule has 20 heavy (non-hydrogen) atoms. The van der Waals surface area contributed by atoms with Crippen LogP contribution in [0.2, 0.25) is 0 Å². The normalized spacial score (nSPS) is 21.4. The third-order valence-corrected chi connectivity index (χ3v) is 4.10. The number of hydrogen-bond acceptors (Lipinski definition) is 3. The minimum Gasteiger partial charge on any atom is -0.369 e. The second kappa shape index (κ2) is 7.43. The fraction of sp³-hybridized carbons (Fsp3) is 0.733. The Morgan fingerprint density at radius 2 is 1.75 bits per heavy atom. The summed E-state index contributed by atoms with van der Waals surface area (Å²) in [6.07, 6.45) is 8.63. The Morgan fingerprint density at radius 1 is 1.00 bits per heavy atom. The third kappa shape index (κ3) is 4.63. The number of allylic oxidation sites excluding steroid dienone is 1. The van der Waals surface area contributed by atoms with Gasteiger partial charge in [0.25, 0.3) is 0 Å². The Morgan fingerprint density at radius 3 is 2.45 bits per heavy atom. The van der Waals surface area contributed by atoms with Gasteiger partial charge in [0.05, 0.1) is 6.54 Å². The zero-order valence-corrected chi connectivity index (χ0v) is 12.1. The van der Waals surface area contributed by atoms with E-state index in [4.69, 9.17) is 5.73 Å². The lowest BCUT2D eigenvalue weighted by atomic mass is 9.94. The molecule has 2 amide bonds. The van der Waals surface area contributed by atoms with E-state index in [1.807, 2.05) is 15.9 Å². The van der Waals surface area contributed by atoms with Gasteiger partial charge in [0.2, 0.25) is 11.8 Å². The van der Waals surface area contributed by atoms with Gasteiger partial charge in [0.1, 0.15) is 0 Å². The SMILES string of the molecule is NC(=O)CN1CCCN(C(=O)C=C2CCCCC2)CC1. The molecule has 0 aromatic heterocycles. The van der Waals surface area contributed by atoms with E-state index in [1.165, 1.54) is 24.8 Å². The second-order valence-electron chi connectivity index (χ2n) is 5.78. The van der Waals surface area contributed by atoms with Crippen LogP contribution in [0, 0.1) is 0 Å². The Hall–Kier alpha value is -1.36. The molecule has 1 saturated heterocycles. The van der Waals surface area contributed by atoms with Crippen LogP contribution in [-0.4, -0.2) is 54.3 Å². The van der Waals surface area contributed by atoms with Gasteiger partial charge in [-0.1, -0.05) is 12.0 Å². The van der Waals surface area contributed by atoms with Crippen molar-refractivity contribution in [2.24, 2.45) is 5.73 Å². The van der Waals surface area contributed by atoms with Crippen molar-refractivity contribution in [1.29, 1.82) is 0 Å². The van der Waals surface area contributed by atoms with Crippen LogP contribution < -0.4 is 5.73 Å². The maximum Gasteiger partial charge on any atom is 0.246 e. The Kier molecular flexibility index (Phi) is 5.59. The smallest absolute Gasteiger partial charge is 0.246 e. The van der Waals surface area contributed by atoms with Crippen molar-refractivity contribution >= 4 is 11.8 Å². The van der Waals surface area contributed by atoms with Crippen LogP contribution >= 0.6 is 0 Å². The van der Waals surface area contributed by atoms with Gasteiger partial charge in [0, 0.05) is 32.3 Å². The van der Waals surface area contributed by atoms with E-state index in [9.17, 15) is 9.59 Å². The minimum atomic E-state index is -0.297. The molecule has 2 N–H and O–H groups in total. The number of nitrogens with two attached hydrogens (primary N) is 1. The van der Waals surface area contributed by atoms with Gasteiger partial charge >= 0.3 is 0 Å². The molecule has 0 bridgehead atoms. The van der Waals surface area contributed by atoms with E-state index in [-0.39, 0.29) is 11.8 Å². The molecule has 1 heterocycles. The molecule has 2 fully saturated rings. The van der Waals surface area contributed by atoms with Crippen molar-refractivity contribution in [2.75, 3.05) is 32.7 Å². The zero-order valence-electron chi connectivity index (χ0n) is 12.1. The largest absolute Gasteiger partial charge is 0.369 e. The van der Waals surface area contributed by atoms with E-state index in [0.29, 0.717) is 13.1 Å². The number of rotatable bonds is 3. The molecular formula is C15H25N3O2. The van der Waals surface area contributed by atoms with E-state index < -0.39 is 0 Å². The van der Waals surface area contributed by atoms with Gasteiger partial charge in [-0.3, -0.25) is 14.5 Å². The van der Waals surface area contributed by atoms with Crippen LogP contribution in [0.4, 0.5) is 0 Å². The molecule has 5 heteroatoms. The molecule has 0 spiro atoms. The molecule has 0 unspecified atom stereocenters. The first-order valence-corrected chi connectivity index (χ1v) is 7.64. The summed E-state index contributed by atoms with van der Waals surface area (Å²) in [5.41, 5.74) is 6.53.